The van der Waals surface area contributed by atoms with E-state index in [0.29, 0.717) is 12.2 Å². The number of nitrogens with zero attached hydrogens (tertiary/aromatic N) is 3. The molecule has 0 saturated heterocycles. The van der Waals surface area contributed by atoms with Gasteiger partial charge in [-0.2, -0.15) is 0 Å². The molecule has 0 aliphatic heterocycles. The average molecular weight is 288 g/mol. The van der Waals surface area contributed by atoms with Gasteiger partial charge in [0.15, 0.2) is 5.69 Å². The monoisotopic (exact) mass is 288 g/mol. The number of rotatable bonds is 7. The number of hydrogen-bond acceptors (Lipinski definition) is 5. The fraction of sp³-hybridized carbons (Fsp3) is 0.600. The summed E-state index contributed by atoms with van der Waals surface area (Å²) in [6.45, 7) is 1.46. The summed E-state index contributed by atoms with van der Waals surface area (Å²) in [4.78, 5) is 22.2. The molecule has 1 amide bonds. The van der Waals surface area contributed by atoms with Crippen LogP contribution in [0.25, 0.3) is 0 Å². The van der Waals surface area contributed by atoms with Crippen LogP contribution in [0.4, 0.5) is 0 Å². The van der Waals surface area contributed by atoms with E-state index in [1.807, 2.05) is 0 Å². The van der Waals surface area contributed by atoms with E-state index < -0.39 is 22.7 Å². The number of aromatic nitrogens is 3. The van der Waals surface area contributed by atoms with E-state index in [2.05, 4.69) is 15.6 Å². The number of carbonyl (C=O) groups excluding carboxylic acids is 1. The van der Waals surface area contributed by atoms with Crippen LogP contribution in [0.1, 0.15) is 23.8 Å². The molecule has 0 spiro atoms. The highest BCUT2D eigenvalue weighted by atomic mass is 32.2. The van der Waals surface area contributed by atoms with Crippen LogP contribution in [0.3, 0.4) is 0 Å². The minimum Gasteiger partial charge on any atom is -0.480 e. The Morgan fingerprint density at radius 1 is 1.58 bits per heavy atom. The maximum atomic E-state index is 11.7. The molecular formula is C10H16N4O4S. The van der Waals surface area contributed by atoms with Gasteiger partial charge in [-0.05, 0) is 13.3 Å². The third kappa shape index (κ3) is 5.60. The lowest BCUT2D eigenvalue weighted by Crippen LogP contribution is -2.33. The van der Waals surface area contributed by atoms with E-state index in [-0.39, 0.29) is 18.3 Å². The molecular weight excluding hydrogens is 272 g/mol. The lowest BCUT2D eigenvalue weighted by Gasteiger charge is -2.11. The van der Waals surface area contributed by atoms with Gasteiger partial charge in [0.1, 0.15) is 6.54 Å². The van der Waals surface area contributed by atoms with Gasteiger partial charge in [-0.25, -0.2) is 4.68 Å². The van der Waals surface area contributed by atoms with Crippen LogP contribution in [0.15, 0.2) is 6.20 Å². The predicted molar refractivity (Wildman–Crippen MR) is 68.1 cm³/mol. The van der Waals surface area contributed by atoms with E-state index in [4.69, 9.17) is 5.11 Å². The summed E-state index contributed by atoms with van der Waals surface area (Å²) in [6.07, 6.45) is 3.47. The molecule has 2 atom stereocenters. The Labute approximate surface area is 112 Å². The first-order valence-electron chi connectivity index (χ1n) is 5.61. The fourth-order valence-corrected chi connectivity index (χ4v) is 2.02. The van der Waals surface area contributed by atoms with E-state index >= 15 is 0 Å². The van der Waals surface area contributed by atoms with Gasteiger partial charge >= 0.3 is 5.97 Å². The summed E-state index contributed by atoms with van der Waals surface area (Å²) < 4.78 is 12.0. The molecule has 0 fully saturated rings. The fourth-order valence-electron chi connectivity index (χ4n) is 1.33. The van der Waals surface area contributed by atoms with Crippen molar-refractivity contribution in [3.05, 3.63) is 11.9 Å². The van der Waals surface area contributed by atoms with Crippen LogP contribution in [0.5, 0.6) is 0 Å². The van der Waals surface area contributed by atoms with Crippen molar-refractivity contribution in [2.75, 3.05) is 12.0 Å². The van der Waals surface area contributed by atoms with Crippen molar-refractivity contribution in [1.29, 1.82) is 0 Å². The van der Waals surface area contributed by atoms with Crippen molar-refractivity contribution in [1.82, 2.24) is 20.3 Å². The predicted octanol–water partition coefficient (Wildman–Crippen LogP) is -0.750. The zero-order chi connectivity index (χ0) is 14.4. The van der Waals surface area contributed by atoms with Crippen molar-refractivity contribution >= 4 is 22.7 Å². The van der Waals surface area contributed by atoms with Gasteiger partial charge in [0, 0.05) is 28.9 Å². The molecule has 106 valence electrons. The first-order chi connectivity index (χ1) is 8.88. The van der Waals surface area contributed by atoms with Crippen LogP contribution in [0.2, 0.25) is 0 Å². The molecule has 2 N–H and O–H groups in total. The van der Waals surface area contributed by atoms with Gasteiger partial charge < -0.3 is 10.4 Å². The van der Waals surface area contributed by atoms with Gasteiger partial charge in [-0.15, -0.1) is 5.10 Å². The molecule has 0 aliphatic carbocycles. The van der Waals surface area contributed by atoms with Crippen molar-refractivity contribution in [3.63, 3.8) is 0 Å². The van der Waals surface area contributed by atoms with Crippen molar-refractivity contribution < 1.29 is 18.9 Å². The number of carbonyl (C=O) groups is 2. The van der Waals surface area contributed by atoms with E-state index in [9.17, 15) is 13.8 Å². The lowest BCUT2D eigenvalue weighted by atomic mass is 10.2. The highest BCUT2D eigenvalue weighted by Crippen LogP contribution is 1.98. The van der Waals surface area contributed by atoms with Crippen LogP contribution in [-0.4, -0.2) is 54.2 Å². The summed E-state index contributed by atoms with van der Waals surface area (Å²) in [5, 5.41) is 18.4. The Kier molecular flexibility index (Phi) is 5.61. The quantitative estimate of drug-likeness (QED) is 0.682. The molecule has 0 aromatic carbocycles. The Hall–Kier alpha value is -1.77. The van der Waals surface area contributed by atoms with Crippen molar-refractivity contribution in [2.24, 2.45) is 0 Å². The van der Waals surface area contributed by atoms with Gasteiger partial charge in [0.2, 0.25) is 0 Å². The maximum absolute atomic E-state index is 11.7. The molecule has 1 rings (SSSR count). The molecule has 1 heterocycles. The minimum atomic E-state index is -1.06. The first kappa shape index (κ1) is 15.3. The molecule has 8 nitrogen and oxygen atoms in total. The second-order valence-corrected chi connectivity index (χ2v) is 5.69. The third-order valence-corrected chi connectivity index (χ3v) is 3.09. The van der Waals surface area contributed by atoms with Gasteiger partial charge in [0.25, 0.3) is 5.91 Å². The van der Waals surface area contributed by atoms with Gasteiger partial charge in [-0.3, -0.25) is 13.8 Å². The lowest BCUT2D eigenvalue weighted by molar-refractivity contribution is -0.137. The SMILES string of the molecule is CC(CCS(C)=O)NC(=O)c1cn(CC(=O)O)nn1. The summed E-state index contributed by atoms with van der Waals surface area (Å²) in [7, 11) is -0.897. The largest absolute Gasteiger partial charge is 0.480 e. The van der Waals surface area contributed by atoms with Crippen molar-refractivity contribution in [3.8, 4) is 0 Å². The normalized spacial score (nSPS) is 13.8. The number of carboxylic acid groups (broad SMARTS) is 1. The molecule has 1 aromatic rings. The molecule has 9 heteroatoms. The highest BCUT2D eigenvalue weighted by molar-refractivity contribution is 7.84. The molecule has 2 unspecified atom stereocenters. The van der Waals surface area contributed by atoms with E-state index in [1.165, 1.54) is 6.20 Å². The molecule has 1 aromatic heterocycles. The molecule has 0 aliphatic rings. The highest BCUT2D eigenvalue weighted by Gasteiger charge is 2.14. The van der Waals surface area contributed by atoms with E-state index in [0.717, 1.165) is 4.68 Å². The number of aliphatic carboxylic acids is 1. The number of hydrogen-bond donors (Lipinski definition) is 2. The number of carboxylic acids is 1. The molecule has 0 radical (unpaired) electrons. The maximum Gasteiger partial charge on any atom is 0.325 e. The van der Waals surface area contributed by atoms with Crippen molar-refractivity contribution in [2.45, 2.75) is 25.9 Å². The minimum absolute atomic E-state index is 0.0609. The standard InChI is InChI=1S/C10H16N4O4S/c1-7(3-4-19(2)18)11-10(17)8-5-14(13-12-8)6-9(15)16/h5,7H,3-4,6H2,1-2H3,(H,11,17)(H,15,16). The summed E-state index contributed by atoms with van der Waals surface area (Å²) in [5.74, 6) is -0.977. The number of amides is 1. The zero-order valence-corrected chi connectivity index (χ0v) is 11.5. The van der Waals surface area contributed by atoms with Crippen LogP contribution in [0, 0.1) is 0 Å². The topological polar surface area (TPSA) is 114 Å². The molecule has 0 saturated carbocycles. The first-order valence-corrected chi connectivity index (χ1v) is 7.34. The van der Waals surface area contributed by atoms with Crippen LogP contribution < -0.4 is 5.32 Å². The Bertz CT molecular complexity index is 488. The van der Waals surface area contributed by atoms with E-state index in [1.54, 1.807) is 13.2 Å². The summed E-state index contributed by atoms with van der Waals surface area (Å²) in [6, 6.07) is -0.138. The second kappa shape index (κ2) is 6.98. The molecule has 0 bridgehead atoms. The average Bonchev–Trinajstić information content (AvgIpc) is 2.74. The Balaban J connectivity index is 2.51. The Morgan fingerprint density at radius 3 is 2.84 bits per heavy atom. The van der Waals surface area contributed by atoms with Gasteiger partial charge in [-0.1, -0.05) is 5.21 Å². The zero-order valence-electron chi connectivity index (χ0n) is 10.7. The smallest absolute Gasteiger partial charge is 0.325 e. The summed E-state index contributed by atoms with van der Waals surface area (Å²) in [5.41, 5.74) is 0.0609. The number of nitrogens with one attached hydrogen (secondary N) is 1. The second-order valence-electron chi connectivity index (χ2n) is 4.14. The Morgan fingerprint density at radius 2 is 2.26 bits per heavy atom. The third-order valence-electron chi connectivity index (χ3n) is 2.28. The summed E-state index contributed by atoms with van der Waals surface area (Å²) >= 11 is 0. The van der Waals surface area contributed by atoms with Crippen LogP contribution in [-0.2, 0) is 22.1 Å². The molecule has 19 heavy (non-hydrogen) atoms. The van der Waals surface area contributed by atoms with Gasteiger partial charge in [0.05, 0.1) is 6.20 Å². The van der Waals surface area contributed by atoms with Crippen LogP contribution >= 0.6 is 0 Å².